The van der Waals surface area contributed by atoms with Gasteiger partial charge in [0, 0.05) is 36.9 Å². The lowest BCUT2D eigenvalue weighted by atomic mass is 9.97. The molecule has 1 aromatic carbocycles. The van der Waals surface area contributed by atoms with Crippen LogP contribution in [0.15, 0.2) is 66.6 Å². The molecule has 5 rings (SSSR count). The Hall–Kier alpha value is -4.30. The third kappa shape index (κ3) is 5.43. The van der Waals surface area contributed by atoms with Gasteiger partial charge in [0.05, 0.1) is 30.2 Å². The van der Waals surface area contributed by atoms with Crippen molar-refractivity contribution in [3.63, 3.8) is 0 Å². The monoisotopic (exact) mass is 612 g/mol. The van der Waals surface area contributed by atoms with Gasteiger partial charge in [0.25, 0.3) is 0 Å². The number of rotatable bonds is 7. The molecule has 0 unspecified atom stereocenters. The molecule has 1 saturated heterocycles. The minimum absolute atomic E-state index is 0.00370. The largest absolute Gasteiger partial charge is 0.355 e. The van der Waals surface area contributed by atoms with Gasteiger partial charge in [-0.25, -0.2) is 14.3 Å². The zero-order valence-corrected chi connectivity index (χ0v) is 26.8. The Labute approximate surface area is 266 Å². The molecular weight excluding hydrogens is 572 g/mol. The van der Waals surface area contributed by atoms with Gasteiger partial charge in [0.15, 0.2) is 5.65 Å². The number of carbonyl (C=O) groups excluding carboxylic acids is 1. The van der Waals surface area contributed by atoms with Crippen LogP contribution in [0.1, 0.15) is 72.9 Å². The Morgan fingerprint density at radius 3 is 2.43 bits per heavy atom. The normalized spacial score (nSPS) is 17.6. The number of benzene rings is 1. The number of carbonyl (C=O) groups is 1. The van der Waals surface area contributed by atoms with Crippen LogP contribution in [0, 0.1) is 0 Å². The highest BCUT2D eigenvalue weighted by Gasteiger charge is 2.34. The number of aromatic nitrogens is 4. The Kier molecular flexibility index (Phi) is 8.00. The fourth-order valence-electron chi connectivity index (χ4n) is 6.20. The van der Waals surface area contributed by atoms with E-state index in [9.17, 15) is 9.59 Å². The van der Waals surface area contributed by atoms with Crippen molar-refractivity contribution < 1.29 is 7.54 Å². The van der Waals surface area contributed by atoms with Gasteiger partial charge in [-0.1, -0.05) is 82.7 Å². The van der Waals surface area contributed by atoms with E-state index in [2.05, 4.69) is 25.3 Å². The molecule has 1 aliphatic heterocycles. The van der Waals surface area contributed by atoms with Gasteiger partial charge >= 0.3 is 5.69 Å². The van der Waals surface area contributed by atoms with Crippen LogP contribution in [0.4, 0.5) is 5.82 Å². The highest BCUT2D eigenvalue weighted by molar-refractivity contribution is 6.34. The topological polar surface area (TPSA) is 84.2 Å². The van der Waals surface area contributed by atoms with Crippen LogP contribution in [-0.2, 0) is 4.79 Å². The molecule has 8 nitrogen and oxygen atoms in total. The quantitative estimate of drug-likeness (QED) is 0.209. The first-order chi connectivity index (χ1) is 21.8. The van der Waals surface area contributed by atoms with Gasteiger partial charge in [-0.3, -0.25) is 9.78 Å². The number of amides is 1. The molecule has 4 aromatic rings. The van der Waals surface area contributed by atoms with E-state index >= 15 is 0 Å². The summed E-state index contributed by atoms with van der Waals surface area (Å²) in [5, 5.41) is 0.914. The molecule has 1 amide bonds. The summed E-state index contributed by atoms with van der Waals surface area (Å²) < 4.78 is 17.1. The first-order valence-electron chi connectivity index (χ1n) is 15.9. The number of piperazine rings is 1. The van der Waals surface area contributed by atoms with Crippen LogP contribution in [0.3, 0.4) is 0 Å². The van der Waals surface area contributed by atoms with Crippen molar-refractivity contribution in [1.82, 2.24) is 24.4 Å². The second-order valence-electron chi connectivity index (χ2n) is 12.0. The van der Waals surface area contributed by atoms with Crippen molar-refractivity contribution in [3.05, 3.63) is 94.1 Å². The number of hydrogen-bond acceptors (Lipinski definition) is 6. The maximum atomic E-state index is 14.4. The smallest absolute Gasteiger partial charge is 0.347 e. The molecule has 0 aliphatic carbocycles. The van der Waals surface area contributed by atoms with E-state index in [0.29, 0.717) is 57.5 Å². The Morgan fingerprint density at radius 1 is 1.09 bits per heavy atom. The van der Waals surface area contributed by atoms with Gasteiger partial charge in [0.2, 0.25) is 5.91 Å². The van der Waals surface area contributed by atoms with E-state index in [1.54, 1.807) is 27.8 Å². The van der Waals surface area contributed by atoms with E-state index in [1.165, 1.54) is 12.2 Å². The third-order valence-corrected chi connectivity index (χ3v) is 8.49. The molecule has 0 N–H and O–H groups in total. The highest BCUT2D eigenvalue weighted by Crippen LogP contribution is 2.38. The molecule has 0 saturated carbocycles. The molecule has 0 radical (unpaired) electrons. The average molecular weight is 613 g/mol. The summed E-state index contributed by atoms with van der Waals surface area (Å²) in [5.41, 5.74) is 3.84. The van der Waals surface area contributed by atoms with Crippen molar-refractivity contribution >= 4 is 40.4 Å². The van der Waals surface area contributed by atoms with E-state index in [0.717, 1.165) is 11.3 Å². The van der Waals surface area contributed by atoms with Crippen molar-refractivity contribution in [2.75, 3.05) is 18.0 Å². The maximum Gasteiger partial charge on any atom is 0.355 e. The first-order valence-corrected chi connectivity index (χ1v) is 15.3. The van der Waals surface area contributed by atoms with Gasteiger partial charge < -0.3 is 9.80 Å². The third-order valence-electron chi connectivity index (χ3n) is 8.20. The van der Waals surface area contributed by atoms with E-state index in [1.807, 2.05) is 52.0 Å². The number of anilines is 1. The number of hydrogen-bond donors (Lipinski definition) is 0. The van der Waals surface area contributed by atoms with Crippen LogP contribution < -0.4 is 10.6 Å². The lowest BCUT2D eigenvalue weighted by Gasteiger charge is -2.45. The van der Waals surface area contributed by atoms with Crippen molar-refractivity contribution in [1.29, 1.82) is 0 Å². The fraction of sp³-hybridized carbons (Fsp3) is 0.343. The Morgan fingerprint density at radius 2 is 1.80 bits per heavy atom. The molecular formula is C35H39ClN6O2. The molecule has 3 aromatic heterocycles. The molecule has 0 bridgehead atoms. The zero-order chi connectivity index (χ0) is 33.4. The minimum atomic E-state index is -0.503. The molecule has 228 valence electrons. The molecule has 1 fully saturated rings. The van der Waals surface area contributed by atoms with Crippen LogP contribution in [-0.4, -0.2) is 55.5 Å². The van der Waals surface area contributed by atoms with Gasteiger partial charge in [-0.15, -0.1) is 0 Å². The van der Waals surface area contributed by atoms with Crippen LogP contribution >= 0.6 is 11.6 Å². The molecule has 1 aliphatic rings. The fourth-order valence-corrected chi connectivity index (χ4v) is 6.45. The predicted molar refractivity (Wildman–Crippen MR) is 180 cm³/mol. The van der Waals surface area contributed by atoms with Gasteiger partial charge in [-0.2, -0.15) is 4.98 Å². The summed E-state index contributed by atoms with van der Waals surface area (Å²) in [4.78, 5) is 45.3. The number of pyridine rings is 2. The first kappa shape index (κ1) is 28.5. The number of fused-ring (bicyclic) bond motifs is 1. The summed E-state index contributed by atoms with van der Waals surface area (Å²) >= 11 is 7.03. The molecule has 4 heterocycles. The van der Waals surface area contributed by atoms with Gasteiger partial charge in [0.1, 0.15) is 5.82 Å². The molecule has 2 atom stereocenters. The molecule has 9 heteroatoms. The zero-order valence-electron chi connectivity index (χ0n) is 28.0. The Balaban J connectivity index is 1.89. The van der Waals surface area contributed by atoms with Crippen molar-refractivity contribution in [2.45, 2.75) is 65.5 Å². The van der Waals surface area contributed by atoms with E-state index in [4.69, 9.17) is 29.3 Å². The van der Waals surface area contributed by atoms with Gasteiger partial charge in [-0.05, 0) is 55.0 Å². The lowest BCUT2D eigenvalue weighted by Crippen LogP contribution is -2.58. The number of nitrogens with zero attached hydrogens (tertiary/aromatic N) is 6. The van der Waals surface area contributed by atoms with Crippen molar-refractivity contribution in [3.8, 4) is 16.9 Å². The van der Waals surface area contributed by atoms with Crippen LogP contribution in [0.2, 0.25) is 5.02 Å². The highest BCUT2D eigenvalue weighted by atomic mass is 35.5. The standard InChI is InChI=1S/C35H39ClN6O2/c1-9-24-13-11-12-14-26(24)31-28(36)17-27-33(38-31)42(32-25(20(3)4)15-16-37-30(32)21(5)6)35(44)39-34(27)41-22(7)18-40(19-23(41)8)29(43)10-2/h9-17,20-23H,1-2,18-19H2,3-8H3/t22-,23-/m0/s1/i1D2. The van der Waals surface area contributed by atoms with Crippen LogP contribution in [0.25, 0.3) is 34.1 Å². The summed E-state index contributed by atoms with van der Waals surface area (Å²) in [6.07, 6.45) is 4.53. The summed E-state index contributed by atoms with van der Waals surface area (Å²) in [5.74, 6) is 0.363. The second kappa shape index (κ2) is 12.4. The lowest BCUT2D eigenvalue weighted by molar-refractivity contribution is -0.127. The summed E-state index contributed by atoms with van der Waals surface area (Å²) in [6.45, 7) is 16.4. The predicted octanol–water partition coefficient (Wildman–Crippen LogP) is 7.00. The van der Waals surface area contributed by atoms with E-state index < -0.39 is 5.69 Å². The van der Waals surface area contributed by atoms with Crippen molar-refractivity contribution in [2.24, 2.45) is 0 Å². The second-order valence-corrected chi connectivity index (χ2v) is 12.4. The number of halogens is 1. The summed E-state index contributed by atoms with van der Waals surface area (Å²) in [7, 11) is 0. The van der Waals surface area contributed by atoms with Crippen LogP contribution in [0.5, 0.6) is 0 Å². The SMILES string of the molecule is [2H]C([2H])=Cc1ccccc1-c1nc2c(cc1Cl)c(N1[C@@H](C)CN(C(=O)C=C)C[C@@H]1C)nc(=O)n2-c1c(C(C)C)ccnc1C(C)C. The van der Waals surface area contributed by atoms with E-state index in [-0.39, 0.29) is 36.4 Å². The minimum Gasteiger partial charge on any atom is -0.347 e. The maximum absolute atomic E-state index is 14.4. The summed E-state index contributed by atoms with van der Waals surface area (Å²) in [6, 6.07) is 10.7. The molecule has 44 heavy (non-hydrogen) atoms. The Bertz CT molecular complexity index is 1880. The average Bonchev–Trinajstić information content (AvgIpc) is 3.00. The molecule has 0 spiro atoms.